The quantitative estimate of drug-likeness (QED) is 0.789. The molecule has 1 aliphatic rings. The van der Waals surface area contributed by atoms with Crippen molar-refractivity contribution in [2.75, 3.05) is 5.32 Å². The molecule has 1 aromatic carbocycles. The maximum absolute atomic E-state index is 12.3. The van der Waals surface area contributed by atoms with Crippen LogP contribution in [-0.4, -0.2) is 15.9 Å². The molecule has 1 N–H and O–H groups in total. The average Bonchev–Trinajstić information content (AvgIpc) is 3.11. The summed E-state index contributed by atoms with van der Waals surface area (Å²) in [6, 6.07) is 11.9. The summed E-state index contributed by atoms with van der Waals surface area (Å²) in [5.41, 5.74) is 3.67. The summed E-state index contributed by atoms with van der Waals surface area (Å²) in [5, 5.41) is 2.78. The predicted molar refractivity (Wildman–Crippen MR) is 94.6 cm³/mol. The summed E-state index contributed by atoms with van der Waals surface area (Å²) >= 11 is 0. The molecule has 0 saturated heterocycles. The number of carbonyl (C=O) groups excluding carboxylic acids is 1. The Morgan fingerprint density at radius 2 is 1.84 bits per heavy atom. The van der Waals surface area contributed by atoms with E-state index in [1.54, 1.807) is 6.20 Å². The molecule has 1 aliphatic carbocycles. The summed E-state index contributed by atoms with van der Waals surface area (Å²) in [6.07, 6.45) is 8.58. The highest BCUT2D eigenvalue weighted by atomic mass is 16.4. The molecule has 1 amide bonds. The minimum Gasteiger partial charge on any atom is -0.437 e. The van der Waals surface area contributed by atoms with Crippen LogP contribution in [0, 0.1) is 0 Å². The molecule has 2 aromatic heterocycles. The molecule has 126 valence electrons. The number of amides is 1. The molecule has 0 atom stereocenters. The number of nitrogens with zero attached hydrogens (tertiary/aromatic N) is 2. The number of oxazole rings is 1. The van der Waals surface area contributed by atoms with Gasteiger partial charge in [-0.3, -0.25) is 4.79 Å². The largest absolute Gasteiger partial charge is 0.437 e. The van der Waals surface area contributed by atoms with Gasteiger partial charge in [-0.1, -0.05) is 30.3 Å². The predicted octanol–water partition coefficient (Wildman–Crippen LogP) is 3.79. The van der Waals surface area contributed by atoms with Crippen molar-refractivity contribution in [2.24, 2.45) is 0 Å². The second-order valence-corrected chi connectivity index (χ2v) is 6.29. The third-order valence-electron chi connectivity index (χ3n) is 4.44. The summed E-state index contributed by atoms with van der Waals surface area (Å²) in [4.78, 5) is 20.8. The van der Waals surface area contributed by atoms with Crippen LogP contribution in [-0.2, 0) is 19.3 Å². The molecule has 0 unspecified atom stereocenters. The van der Waals surface area contributed by atoms with Crippen molar-refractivity contribution in [3.63, 3.8) is 0 Å². The fourth-order valence-electron chi connectivity index (χ4n) is 3.14. The average molecular weight is 333 g/mol. The van der Waals surface area contributed by atoms with Crippen molar-refractivity contribution < 1.29 is 9.21 Å². The first-order chi connectivity index (χ1) is 12.3. The molecule has 3 aromatic rings. The van der Waals surface area contributed by atoms with Crippen molar-refractivity contribution in [3.8, 4) is 0 Å². The zero-order valence-corrected chi connectivity index (χ0v) is 13.9. The van der Waals surface area contributed by atoms with Gasteiger partial charge in [0.25, 0.3) is 5.89 Å². The molecule has 0 bridgehead atoms. The maximum atomic E-state index is 12.3. The molecule has 0 aliphatic heterocycles. The van der Waals surface area contributed by atoms with Crippen molar-refractivity contribution in [1.82, 2.24) is 9.97 Å². The van der Waals surface area contributed by atoms with Gasteiger partial charge in [0.15, 0.2) is 0 Å². The van der Waals surface area contributed by atoms with Gasteiger partial charge in [0.2, 0.25) is 0 Å². The van der Waals surface area contributed by atoms with Gasteiger partial charge < -0.3 is 9.73 Å². The highest BCUT2D eigenvalue weighted by Crippen LogP contribution is 2.22. The van der Waals surface area contributed by atoms with Gasteiger partial charge in [0.05, 0.1) is 6.20 Å². The topological polar surface area (TPSA) is 68.0 Å². The lowest BCUT2D eigenvalue weighted by atomic mass is 9.93. The van der Waals surface area contributed by atoms with Gasteiger partial charge >= 0.3 is 5.91 Å². The molecule has 0 spiro atoms. The van der Waals surface area contributed by atoms with Crippen LogP contribution in [0.1, 0.15) is 46.0 Å². The van der Waals surface area contributed by atoms with Gasteiger partial charge in [-0.2, -0.15) is 0 Å². The third-order valence-corrected chi connectivity index (χ3v) is 4.44. The van der Waals surface area contributed by atoms with E-state index in [4.69, 9.17) is 4.42 Å². The summed E-state index contributed by atoms with van der Waals surface area (Å²) in [5.74, 6) is 0.899. The number of aromatic nitrogens is 2. The minimum atomic E-state index is -0.373. The lowest BCUT2D eigenvalue weighted by Crippen LogP contribution is -2.14. The fraction of sp³-hybridized carbons (Fsp3) is 0.250. The second-order valence-electron chi connectivity index (χ2n) is 6.29. The number of hydrogen-bond donors (Lipinski definition) is 1. The van der Waals surface area contributed by atoms with E-state index in [1.807, 2.05) is 42.6 Å². The SMILES string of the molecule is O=C(Nc1cc2c(cn1)CCCC2)c1ncc(Cc2ccccc2)o1. The van der Waals surface area contributed by atoms with Crippen LogP contribution in [0.5, 0.6) is 0 Å². The molecule has 5 heteroatoms. The van der Waals surface area contributed by atoms with E-state index in [9.17, 15) is 4.79 Å². The molecule has 0 fully saturated rings. The Bertz CT molecular complexity index is 887. The number of carbonyl (C=O) groups is 1. The number of hydrogen-bond acceptors (Lipinski definition) is 4. The number of nitrogens with one attached hydrogen (secondary N) is 1. The fourth-order valence-corrected chi connectivity index (χ4v) is 3.14. The van der Waals surface area contributed by atoms with Gasteiger partial charge in [-0.05, 0) is 48.4 Å². The molecule has 0 radical (unpaired) electrons. The Hall–Kier alpha value is -2.95. The number of benzene rings is 1. The smallest absolute Gasteiger partial charge is 0.312 e. The lowest BCUT2D eigenvalue weighted by Gasteiger charge is -2.15. The van der Waals surface area contributed by atoms with Crippen molar-refractivity contribution in [3.05, 3.63) is 77.1 Å². The molecule has 4 rings (SSSR count). The van der Waals surface area contributed by atoms with Crippen LogP contribution in [0.3, 0.4) is 0 Å². The Kier molecular flexibility index (Phi) is 4.29. The van der Waals surface area contributed by atoms with Crippen molar-refractivity contribution >= 4 is 11.7 Å². The molecule has 0 saturated carbocycles. The van der Waals surface area contributed by atoms with Crippen LogP contribution >= 0.6 is 0 Å². The van der Waals surface area contributed by atoms with Gasteiger partial charge in [0, 0.05) is 12.6 Å². The summed E-state index contributed by atoms with van der Waals surface area (Å²) in [7, 11) is 0. The summed E-state index contributed by atoms with van der Waals surface area (Å²) < 4.78 is 5.58. The molecular weight excluding hydrogens is 314 g/mol. The number of anilines is 1. The van der Waals surface area contributed by atoms with E-state index < -0.39 is 0 Å². The van der Waals surface area contributed by atoms with Crippen molar-refractivity contribution in [2.45, 2.75) is 32.1 Å². The normalized spacial score (nSPS) is 13.3. The second kappa shape index (κ2) is 6.89. The van der Waals surface area contributed by atoms with E-state index >= 15 is 0 Å². The third kappa shape index (κ3) is 3.60. The van der Waals surface area contributed by atoms with Crippen LogP contribution < -0.4 is 5.32 Å². The van der Waals surface area contributed by atoms with E-state index in [0.29, 0.717) is 18.0 Å². The highest BCUT2D eigenvalue weighted by molar-refractivity contribution is 6.00. The first kappa shape index (κ1) is 15.6. The zero-order chi connectivity index (χ0) is 17.1. The Balaban J connectivity index is 1.45. The van der Waals surface area contributed by atoms with Crippen LogP contribution in [0.2, 0.25) is 0 Å². The number of aryl methyl sites for hydroxylation is 2. The van der Waals surface area contributed by atoms with Gasteiger partial charge in [-0.25, -0.2) is 9.97 Å². The molecule has 2 heterocycles. The monoisotopic (exact) mass is 333 g/mol. The van der Waals surface area contributed by atoms with Crippen LogP contribution in [0.15, 0.2) is 53.2 Å². The standard InChI is InChI=1S/C20H19N3O2/c24-19(23-18-11-15-8-4-5-9-16(15)12-21-18)20-22-13-17(25-20)10-14-6-2-1-3-7-14/h1-3,6-7,11-13H,4-5,8-10H2,(H,21,23,24). The summed E-state index contributed by atoms with van der Waals surface area (Å²) in [6.45, 7) is 0. The Morgan fingerprint density at radius 3 is 2.68 bits per heavy atom. The van der Waals surface area contributed by atoms with E-state index in [0.717, 1.165) is 18.4 Å². The van der Waals surface area contributed by atoms with Crippen LogP contribution in [0.4, 0.5) is 5.82 Å². The lowest BCUT2D eigenvalue weighted by molar-refractivity contribution is 0.0988. The van der Waals surface area contributed by atoms with E-state index in [1.165, 1.54) is 24.0 Å². The number of rotatable bonds is 4. The molecular formula is C20H19N3O2. The minimum absolute atomic E-state index is 0.0606. The van der Waals surface area contributed by atoms with Gasteiger partial charge in [0.1, 0.15) is 11.6 Å². The molecule has 25 heavy (non-hydrogen) atoms. The van der Waals surface area contributed by atoms with E-state index in [-0.39, 0.29) is 11.8 Å². The first-order valence-corrected chi connectivity index (χ1v) is 8.56. The number of fused-ring (bicyclic) bond motifs is 1. The van der Waals surface area contributed by atoms with Gasteiger partial charge in [-0.15, -0.1) is 0 Å². The molecule has 5 nitrogen and oxygen atoms in total. The van der Waals surface area contributed by atoms with E-state index in [2.05, 4.69) is 15.3 Å². The maximum Gasteiger partial charge on any atom is 0.312 e. The Morgan fingerprint density at radius 1 is 1.04 bits per heavy atom. The highest BCUT2D eigenvalue weighted by Gasteiger charge is 2.16. The zero-order valence-electron chi connectivity index (χ0n) is 13.9. The van der Waals surface area contributed by atoms with Crippen molar-refractivity contribution in [1.29, 1.82) is 0 Å². The van der Waals surface area contributed by atoms with Crippen LogP contribution in [0.25, 0.3) is 0 Å². The first-order valence-electron chi connectivity index (χ1n) is 8.56. The number of pyridine rings is 1. The Labute approximate surface area is 146 Å².